The van der Waals surface area contributed by atoms with Crippen molar-refractivity contribution in [1.29, 1.82) is 0 Å². The quantitative estimate of drug-likeness (QED) is 0.180. The van der Waals surface area contributed by atoms with Crippen LogP contribution in [0.2, 0.25) is 0 Å². The zero-order valence-electron chi connectivity index (χ0n) is 28.5. The Morgan fingerprint density at radius 2 is 1.62 bits per heavy atom. The van der Waals surface area contributed by atoms with Crippen molar-refractivity contribution in [3.05, 3.63) is 78.4 Å². The van der Waals surface area contributed by atoms with E-state index in [0.29, 0.717) is 55.6 Å². The molecule has 11 nitrogen and oxygen atoms in total. The number of hydrogen-bond donors (Lipinski definition) is 4. The summed E-state index contributed by atoms with van der Waals surface area (Å²) in [5.74, 6) is 0.304. The highest BCUT2D eigenvalue weighted by molar-refractivity contribution is 7.93. The van der Waals surface area contributed by atoms with E-state index in [9.17, 15) is 40.2 Å². The number of benzene rings is 3. The Kier molecular flexibility index (Phi) is 11.4. The minimum atomic E-state index is -4.29. The Morgan fingerprint density at radius 3 is 2.29 bits per heavy atom. The van der Waals surface area contributed by atoms with Crippen molar-refractivity contribution in [2.24, 2.45) is 0 Å². The molecule has 0 bridgehead atoms. The Labute approximate surface area is 302 Å². The first-order valence-corrected chi connectivity index (χ1v) is 20.2. The summed E-state index contributed by atoms with van der Waals surface area (Å²) in [6.07, 6.45) is -2.67. The van der Waals surface area contributed by atoms with Crippen LogP contribution in [-0.2, 0) is 31.1 Å². The zero-order chi connectivity index (χ0) is 37.2. The van der Waals surface area contributed by atoms with Crippen LogP contribution < -0.4 is 15.4 Å². The Balaban J connectivity index is 0.961. The summed E-state index contributed by atoms with van der Waals surface area (Å²) in [5, 5.41) is 25.8. The van der Waals surface area contributed by atoms with Gasteiger partial charge in [-0.05, 0) is 79.1 Å². The molecule has 52 heavy (non-hydrogen) atoms. The van der Waals surface area contributed by atoms with E-state index in [1.807, 2.05) is 0 Å². The number of rotatable bonds is 15. The maximum atomic E-state index is 13.7. The van der Waals surface area contributed by atoms with Gasteiger partial charge in [-0.15, -0.1) is 0 Å². The van der Waals surface area contributed by atoms with E-state index in [-0.39, 0.29) is 48.6 Å². The van der Waals surface area contributed by atoms with Crippen LogP contribution in [0.4, 0.5) is 13.2 Å². The summed E-state index contributed by atoms with van der Waals surface area (Å²) in [7, 11) is -7.50. The van der Waals surface area contributed by atoms with Gasteiger partial charge in [0.15, 0.2) is 9.84 Å². The van der Waals surface area contributed by atoms with Gasteiger partial charge in [0.1, 0.15) is 18.5 Å². The molecule has 16 heteroatoms. The Hall–Kier alpha value is -3.09. The molecule has 2 heterocycles. The number of aliphatic hydroxyl groups is 2. The third-order valence-electron chi connectivity index (χ3n) is 10.1. The maximum Gasteiger partial charge on any atom is 0.401 e. The van der Waals surface area contributed by atoms with Crippen LogP contribution in [0.3, 0.4) is 0 Å². The molecule has 3 fully saturated rings. The number of sulfonamides is 1. The number of aliphatic hydroxyl groups excluding tert-OH is 2. The van der Waals surface area contributed by atoms with E-state index >= 15 is 0 Å². The molecule has 3 aromatic rings. The minimum absolute atomic E-state index is 0.0528. The fourth-order valence-electron chi connectivity index (χ4n) is 6.79. The van der Waals surface area contributed by atoms with Crippen molar-refractivity contribution in [2.75, 3.05) is 46.0 Å². The largest absolute Gasteiger partial charge is 0.491 e. The molecule has 1 aliphatic carbocycles. The van der Waals surface area contributed by atoms with Crippen LogP contribution in [0.1, 0.15) is 37.7 Å². The van der Waals surface area contributed by atoms with Crippen LogP contribution in [0.5, 0.6) is 5.75 Å². The number of alkyl halides is 3. The number of piperidine rings is 1. The number of nitrogens with one attached hydrogen (secondary N) is 2. The molecule has 2 saturated heterocycles. The van der Waals surface area contributed by atoms with Crippen LogP contribution in [0.25, 0.3) is 11.1 Å². The summed E-state index contributed by atoms with van der Waals surface area (Å²) in [6, 6.07) is 19.6. The minimum Gasteiger partial charge on any atom is -0.491 e. The second kappa shape index (κ2) is 15.3. The lowest BCUT2D eigenvalue weighted by molar-refractivity contribution is -0.125. The fourth-order valence-corrected chi connectivity index (χ4v) is 10.1. The topological polar surface area (TPSA) is 154 Å². The predicted octanol–water partition coefficient (Wildman–Crippen LogP) is 3.65. The van der Waals surface area contributed by atoms with Gasteiger partial charge in [0, 0.05) is 32.2 Å². The third kappa shape index (κ3) is 8.81. The first kappa shape index (κ1) is 38.6. The van der Waals surface area contributed by atoms with E-state index in [2.05, 4.69) is 10.6 Å². The molecule has 4 N–H and O–H groups in total. The molecular formula is C36H44F3N3O8S2. The molecule has 3 aromatic carbocycles. The second-order valence-corrected chi connectivity index (χ2v) is 18.2. The average molecular weight is 768 g/mol. The van der Waals surface area contributed by atoms with Gasteiger partial charge < -0.3 is 30.3 Å². The first-order valence-electron chi connectivity index (χ1n) is 17.2. The van der Waals surface area contributed by atoms with Gasteiger partial charge in [-0.1, -0.05) is 42.5 Å². The first-order chi connectivity index (χ1) is 24.6. The number of hydrogen-bond acceptors (Lipinski definition) is 10. The fraction of sp³-hybridized carbons (Fsp3) is 0.500. The van der Waals surface area contributed by atoms with Gasteiger partial charge in [0.25, 0.3) is 0 Å². The molecular weight excluding hydrogens is 724 g/mol. The molecule has 2 atom stereocenters. The number of nitrogens with zero attached hydrogens (tertiary/aromatic N) is 1. The molecule has 0 aromatic heterocycles. The lowest BCUT2D eigenvalue weighted by atomic mass is 9.88. The highest BCUT2D eigenvalue weighted by atomic mass is 32.2. The van der Waals surface area contributed by atoms with E-state index in [4.69, 9.17) is 9.47 Å². The summed E-state index contributed by atoms with van der Waals surface area (Å²) in [5.41, 5.74) is 1.62. The molecule has 1 saturated carbocycles. The monoisotopic (exact) mass is 767 g/mol. The lowest BCUT2D eigenvalue weighted by Crippen LogP contribution is -2.47. The molecule has 1 spiro atoms. The highest BCUT2D eigenvalue weighted by Gasteiger charge is 2.54. The van der Waals surface area contributed by atoms with Crippen LogP contribution >= 0.6 is 0 Å². The van der Waals surface area contributed by atoms with E-state index < -0.39 is 55.6 Å². The molecule has 1 unspecified atom stereocenters. The summed E-state index contributed by atoms with van der Waals surface area (Å²) in [6.45, 7) is -0.334. The SMILES string of the molecule is O=S(=O)(c1cccc(-c2ccc(CNCC(F)(F)F)cc2)c1)N1CCC2(CC1)C[C@H](NCC(O)COc1cccc(S(=O)(=O)C3(CO)CC3)c1)CO2. The summed E-state index contributed by atoms with van der Waals surface area (Å²) >= 11 is 0. The van der Waals surface area contributed by atoms with E-state index in [1.54, 1.807) is 60.7 Å². The van der Waals surface area contributed by atoms with E-state index in [1.165, 1.54) is 16.4 Å². The Bertz CT molecular complexity index is 1920. The maximum absolute atomic E-state index is 13.7. The molecule has 0 amide bonds. The molecule has 3 aliphatic rings. The summed E-state index contributed by atoms with van der Waals surface area (Å²) < 4.78 is 103. The number of halogens is 3. The van der Waals surface area contributed by atoms with Crippen LogP contribution in [0.15, 0.2) is 82.6 Å². The van der Waals surface area contributed by atoms with Crippen molar-refractivity contribution >= 4 is 19.9 Å². The normalized spacial score (nSPS) is 20.9. The van der Waals surface area contributed by atoms with Crippen molar-refractivity contribution in [3.8, 4) is 16.9 Å². The van der Waals surface area contributed by atoms with Crippen molar-refractivity contribution in [3.63, 3.8) is 0 Å². The molecule has 2 aliphatic heterocycles. The average Bonchev–Trinajstić information content (AvgIpc) is 3.86. The standard InChI is InChI=1S/C36H44F3N3O8S2/c37-36(38,39)24-40-20-26-7-9-27(10-8-26)28-3-1-6-33(17-28)52(47,48)42-15-13-34(14-16-42)19-29(22-50-34)41-21-30(44)23-49-31-4-2-5-32(18-31)51(45,46)35(25-43)11-12-35/h1-10,17-18,29-30,40-41,43-44H,11-16,19-25H2/t29-,30?/m0/s1. The van der Waals surface area contributed by atoms with Gasteiger partial charge >= 0.3 is 6.18 Å². The molecule has 284 valence electrons. The smallest absolute Gasteiger partial charge is 0.401 e. The molecule has 6 rings (SSSR count). The van der Waals surface area contributed by atoms with Gasteiger partial charge in [-0.3, -0.25) is 0 Å². The number of sulfone groups is 1. The molecule has 0 radical (unpaired) electrons. The van der Waals surface area contributed by atoms with Crippen LogP contribution in [0, 0.1) is 0 Å². The van der Waals surface area contributed by atoms with Gasteiger partial charge in [0.05, 0.1) is 39.9 Å². The van der Waals surface area contributed by atoms with E-state index in [0.717, 1.165) is 5.56 Å². The van der Waals surface area contributed by atoms with Crippen LogP contribution in [-0.4, -0.2) is 106 Å². The second-order valence-electron chi connectivity index (χ2n) is 13.9. The lowest BCUT2D eigenvalue weighted by Gasteiger charge is -2.38. The number of ether oxygens (including phenoxy) is 2. The van der Waals surface area contributed by atoms with Crippen molar-refractivity contribution < 1.29 is 49.7 Å². The van der Waals surface area contributed by atoms with Gasteiger partial charge in [-0.25, -0.2) is 16.8 Å². The van der Waals surface area contributed by atoms with Gasteiger partial charge in [0.2, 0.25) is 10.0 Å². The predicted molar refractivity (Wildman–Crippen MR) is 187 cm³/mol. The summed E-state index contributed by atoms with van der Waals surface area (Å²) in [4.78, 5) is 0.236. The highest BCUT2D eigenvalue weighted by Crippen LogP contribution is 2.46. The third-order valence-corrected chi connectivity index (χ3v) is 14.6. The van der Waals surface area contributed by atoms with Crippen molar-refractivity contribution in [1.82, 2.24) is 14.9 Å². The van der Waals surface area contributed by atoms with Crippen molar-refractivity contribution in [2.45, 2.75) is 77.1 Å². The van der Waals surface area contributed by atoms with Gasteiger partial charge in [-0.2, -0.15) is 17.5 Å². The Morgan fingerprint density at radius 1 is 0.923 bits per heavy atom. The zero-order valence-corrected chi connectivity index (χ0v) is 30.1.